The number of benzene rings is 2. The summed E-state index contributed by atoms with van der Waals surface area (Å²) in [6.07, 6.45) is 4.53. The van der Waals surface area contributed by atoms with Crippen LogP contribution in [0, 0.1) is 5.92 Å². The number of aromatic nitrogens is 1. The largest absolute Gasteiger partial charge is 0.494 e. The molecule has 0 saturated heterocycles. The summed E-state index contributed by atoms with van der Waals surface area (Å²) in [5.41, 5.74) is 5.36. The maximum atomic E-state index is 12.7. The van der Waals surface area contributed by atoms with Crippen molar-refractivity contribution in [1.82, 2.24) is 10.3 Å². The number of rotatable bonds is 8. The molecule has 1 heterocycles. The minimum Gasteiger partial charge on any atom is -0.494 e. The van der Waals surface area contributed by atoms with Crippen LogP contribution >= 0.6 is 0 Å². The molecular formula is C26H33N3O2. The number of ether oxygens (including phenoxy) is 1. The number of carbonyl (C=O) groups is 1. The number of anilines is 1. The van der Waals surface area contributed by atoms with Gasteiger partial charge in [-0.25, -0.2) is 0 Å². The van der Waals surface area contributed by atoms with Crippen LogP contribution in [0.5, 0.6) is 5.75 Å². The molecule has 1 amide bonds. The highest BCUT2D eigenvalue weighted by atomic mass is 16.5. The molecule has 3 N–H and O–H groups in total. The number of carbonyl (C=O) groups excluding carboxylic acids is 1. The van der Waals surface area contributed by atoms with Crippen molar-refractivity contribution in [3.63, 3.8) is 0 Å². The Bertz CT molecular complexity index is 1040. The van der Waals surface area contributed by atoms with Gasteiger partial charge in [-0.1, -0.05) is 6.92 Å². The third-order valence-corrected chi connectivity index (χ3v) is 6.34. The number of nitrogens with one attached hydrogen (secondary N) is 3. The molecule has 0 saturated carbocycles. The van der Waals surface area contributed by atoms with Gasteiger partial charge in [0.1, 0.15) is 5.75 Å². The van der Waals surface area contributed by atoms with E-state index in [0.29, 0.717) is 24.1 Å². The fourth-order valence-electron chi connectivity index (χ4n) is 4.33. The number of fused-ring (bicyclic) bond motifs is 3. The average molecular weight is 420 g/mol. The van der Waals surface area contributed by atoms with Crippen LogP contribution in [-0.4, -0.2) is 30.1 Å². The molecule has 0 aliphatic heterocycles. The van der Waals surface area contributed by atoms with Crippen molar-refractivity contribution in [3.05, 3.63) is 59.3 Å². The first-order valence-corrected chi connectivity index (χ1v) is 11.5. The molecule has 2 atom stereocenters. The fraction of sp³-hybridized carbons (Fsp3) is 0.423. The third kappa shape index (κ3) is 4.93. The van der Waals surface area contributed by atoms with E-state index in [4.69, 9.17) is 4.74 Å². The summed E-state index contributed by atoms with van der Waals surface area (Å²) in [7, 11) is 0. The second kappa shape index (κ2) is 9.56. The van der Waals surface area contributed by atoms with Gasteiger partial charge in [-0.3, -0.25) is 4.79 Å². The summed E-state index contributed by atoms with van der Waals surface area (Å²) in [4.78, 5) is 16.3. The van der Waals surface area contributed by atoms with Crippen molar-refractivity contribution in [1.29, 1.82) is 0 Å². The lowest BCUT2D eigenvalue weighted by atomic mass is 9.86. The monoisotopic (exact) mass is 419 g/mol. The molecule has 4 rings (SSSR count). The normalized spacial score (nSPS) is 16.7. The highest BCUT2D eigenvalue weighted by Gasteiger charge is 2.23. The van der Waals surface area contributed by atoms with Gasteiger partial charge in [-0.2, -0.15) is 0 Å². The average Bonchev–Trinajstić information content (AvgIpc) is 3.15. The summed E-state index contributed by atoms with van der Waals surface area (Å²) < 4.78 is 5.46. The molecule has 1 aliphatic carbocycles. The lowest BCUT2D eigenvalue weighted by molar-refractivity contribution is 0.102. The predicted molar refractivity (Wildman–Crippen MR) is 127 cm³/mol. The Morgan fingerprint density at radius 2 is 2.00 bits per heavy atom. The van der Waals surface area contributed by atoms with Crippen molar-refractivity contribution in [2.24, 2.45) is 5.92 Å². The Kier molecular flexibility index (Phi) is 6.62. The van der Waals surface area contributed by atoms with Gasteiger partial charge < -0.3 is 20.4 Å². The summed E-state index contributed by atoms with van der Waals surface area (Å²) in [6.45, 7) is 8.09. The molecule has 0 radical (unpaired) electrons. The van der Waals surface area contributed by atoms with Gasteiger partial charge >= 0.3 is 0 Å². The number of hydrogen-bond donors (Lipinski definition) is 3. The molecule has 5 heteroatoms. The zero-order valence-corrected chi connectivity index (χ0v) is 18.8. The molecule has 1 aliphatic rings. The van der Waals surface area contributed by atoms with Crippen molar-refractivity contribution < 1.29 is 9.53 Å². The van der Waals surface area contributed by atoms with Crippen LogP contribution in [0.2, 0.25) is 0 Å². The van der Waals surface area contributed by atoms with E-state index in [1.165, 1.54) is 23.1 Å². The summed E-state index contributed by atoms with van der Waals surface area (Å²) in [5.74, 6) is 1.32. The highest BCUT2D eigenvalue weighted by molar-refractivity contribution is 6.05. The standard InChI is InChI=1S/C26H33N3O2/c1-4-17(3)27-16-18-6-12-24-22(14-18)23-15-20(9-13-25(23)29-24)28-26(30)19-7-10-21(11-8-19)31-5-2/h7-11,13,15,17-18,27,29H,4-6,12,14,16H2,1-3H3,(H,28,30). The van der Waals surface area contributed by atoms with E-state index in [0.717, 1.165) is 42.8 Å². The number of amides is 1. The van der Waals surface area contributed by atoms with Gasteiger partial charge in [-0.05, 0) is 100 Å². The number of hydrogen-bond acceptors (Lipinski definition) is 3. The van der Waals surface area contributed by atoms with E-state index >= 15 is 0 Å². The molecule has 2 aromatic carbocycles. The summed E-state index contributed by atoms with van der Waals surface area (Å²) >= 11 is 0. The van der Waals surface area contributed by atoms with Crippen molar-refractivity contribution in [2.75, 3.05) is 18.5 Å². The molecule has 1 aromatic heterocycles. The second-order valence-electron chi connectivity index (χ2n) is 8.58. The van der Waals surface area contributed by atoms with Crippen LogP contribution in [0.25, 0.3) is 10.9 Å². The maximum Gasteiger partial charge on any atom is 0.255 e. The quantitative estimate of drug-likeness (QED) is 0.463. The first-order chi connectivity index (χ1) is 15.1. The van der Waals surface area contributed by atoms with E-state index in [9.17, 15) is 4.79 Å². The molecule has 2 unspecified atom stereocenters. The van der Waals surface area contributed by atoms with Crippen LogP contribution in [0.3, 0.4) is 0 Å². The summed E-state index contributed by atoms with van der Waals surface area (Å²) in [6, 6.07) is 14.0. The molecule has 0 bridgehead atoms. The number of aromatic amines is 1. The molecule has 31 heavy (non-hydrogen) atoms. The van der Waals surface area contributed by atoms with E-state index in [1.807, 2.05) is 25.1 Å². The topological polar surface area (TPSA) is 66.1 Å². The zero-order valence-electron chi connectivity index (χ0n) is 18.8. The van der Waals surface area contributed by atoms with Gasteiger partial charge in [0.15, 0.2) is 0 Å². The van der Waals surface area contributed by atoms with Crippen LogP contribution in [0.15, 0.2) is 42.5 Å². The van der Waals surface area contributed by atoms with E-state index in [-0.39, 0.29) is 5.91 Å². The molecule has 0 fully saturated rings. The maximum absolute atomic E-state index is 12.7. The van der Waals surface area contributed by atoms with Gasteiger partial charge in [0.2, 0.25) is 0 Å². The zero-order chi connectivity index (χ0) is 21.8. The van der Waals surface area contributed by atoms with Crippen LogP contribution < -0.4 is 15.4 Å². The SMILES string of the molecule is CCOc1ccc(C(=O)Nc2ccc3[nH]c4c(c3c2)CC(CNC(C)CC)CC4)cc1. The lowest BCUT2D eigenvalue weighted by Crippen LogP contribution is -2.33. The van der Waals surface area contributed by atoms with Crippen LogP contribution in [-0.2, 0) is 12.8 Å². The fourth-order valence-corrected chi connectivity index (χ4v) is 4.33. The van der Waals surface area contributed by atoms with E-state index in [2.05, 4.69) is 41.6 Å². The second-order valence-corrected chi connectivity index (χ2v) is 8.58. The molecule has 5 nitrogen and oxygen atoms in total. The van der Waals surface area contributed by atoms with Gasteiger partial charge in [0, 0.05) is 33.9 Å². The van der Waals surface area contributed by atoms with Gasteiger partial charge in [0.25, 0.3) is 5.91 Å². The minimum atomic E-state index is -0.109. The smallest absolute Gasteiger partial charge is 0.255 e. The third-order valence-electron chi connectivity index (χ3n) is 6.34. The van der Waals surface area contributed by atoms with Crippen LogP contribution in [0.1, 0.15) is 55.2 Å². The Morgan fingerprint density at radius 3 is 2.74 bits per heavy atom. The Labute approximate surface area is 184 Å². The number of H-pyrrole nitrogens is 1. The van der Waals surface area contributed by atoms with Crippen molar-refractivity contribution in [2.45, 2.75) is 52.5 Å². The first-order valence-electron chi connectivity index (χ1n) is 11.5. The van der Waals surface area contributed by atoms with E-state index in [1.54, 1.807) is 12.1 Å². The highest BCUT2D eigenvalue weighted by Crippen LogP contribution is 2.33. The number of aryl methyl sites for hydroxylation is 1. The minimum absolute atomic E-state index is 0.109. The molecule has 0 spiro atoms. The Hall–Kier alpha value is -2.79. The van der Waals surface area contributed by atoms with Gasteiger partial charge in [0.05, 0.1) is 6.61 Å². The molecular weight excluding hydrogens is 386 g/mol. The molecule has 164 valence electrons. The lowest BCUT2D eigenvalue weighted by Gasteiger charge is -2.24. The molecule has 3 aromatic rings. The summed E-state index contributed by atoms with van der Waals surface area (Å²) in [5, 5.41) is 7.95. The van der Waals surface area contributed by atoms with E-state index < -0.39 is 0 Å². The Balaban J connectivity index is 1.48. The first kappa shape index (κ1) is 21.4. The van der Waals surface area contributed by atoms with Crippen molar-refractivity contribution in [3.8, 4) is 5.75 Å². The van der Waals surface area contributed by atoms with Crippen LogP contribution in [0.4, 0.5) is 5.69 Å². The van der Waals surface area contributed by atoms with Gasteiger partial charge in [-0.15, -0.1) is 0 Å². The predicted octanol–water partition coefficient (Wildman–Crippen LogP) is 5.31. The van der Waals surface area contributed by atoms with Crippen molar-refractivity contribution >= 4 is 22.5 Å². The Morgan fingerprint density at radius 1 is 1.19 bits per heavy atom.